The van der Waals surface area contributed by atoms with E-state index >= 15 is 0 Å². The van der Waals surface area contributed by atoms with Crippen LogP contribution in [0.5, 0.6) is 0 Å². The van der Waals surface area contributed by atoms with Crippen LogP contribution >= 0.6 is 18.3 Å². The molecule has 2 amide bonds. The standard InChI is InChI=1S/C16H29N6O6PS2/c17-11(16(27)28)1-2-13(23)20-12(15(26)18-9-14(24)25)10-31-8-3-19-29(30,21-4-5-21)22-6-7-22/h11-12H,1-10,17H2,(H,18,26)(H,19,30)(H,20,23)(H,24,25)(H,27,28)/t11-,12+/m0/s1. The molecule has 7 N–H and O–H groups in total. The molecule has 2 atom stereocenters. The summed E-state index contributed by atoms with van der Waals surface area (Å²) in [4.78, 5) is 45.9. The van der Waals surface area contributed by atoms with Gasteiger partial charge in [0.05, 0.1) is 0 Å². The topological polar surface area (TPSA) is 177 Å². The fourth-order valence-electron chi connectivity index (χ4n) is 2.62. The van der Waals surface area contributed by atoms with Crippen LogP contribution < -0.4 is 21.5 Å². The van der Waals surface area contributed by atoms with Crippen LogP contribution in [-0.4, -0.2) is 106 Å². The highest BCUT2D eigenvalue weighted by molar-refractivity contribution is 8.11. The molecule has 2 aliphatic rings. The molecule has 0 bridgehead atoms. The number of carbonyl (C=O) groups excluding carboxylic acids is 2. The summed E-state index contributed by atoms with van der Waals surface area (Å²) in [5.41, 5.74) is 5.39. The Balaban J connectivity index is 1.78. The maximum absolute atomic E-state index is 12.3. The summed E-state index contributed by atoms with van der Waals surface area (Å²) in [5.74, 6) is -2.65. The van der Waals surface area contributed by atoms with Gasteiger partial charge in [-0.25, -0.2) is 9.34 Å². The molecule has 2 fully saturated rings. The van der Waals surface area contributed by atoms with Gasteiger partial charge in [0.2, 0.25) is 11.8 Å². The van der Waals surface area contributed by atoms with Crippen LogP contribution in [-0.2, 0) is 31.0 Å². The molecular formula is C16H29N6O6PS2. The molecule has 0 aromatic rings. The zero-order valence-corrected chi connectivity index (χ0v) is 19.5. The van der Waals surface area contributed by atoms with Gasteiger partial charge in [0.1, 0.15) is 25.1 Å². The lowest BCUT2D eigenvalue weighted by atomic mass is 10.1. The average Bonchev–Trinajstić information content (AvgIpc) is 3.59. The maximum atomic E-state index is 12.3. The number of carboxylic acid groups (broad SMARTS) is 2. The fraction of sp³-hybridized carbons (Fsp3) is 0.750. The SMILES string of the molecule is N[C@@H](CCC(=O)N[C@H](CSCCNP(=S)(N1CC1)N1CC1)C(=O)NCC(=O)O)C(=O)O. The summed E-state index contributed by atoms with van der Waals surface area (Å²) in [7, 11) is 0. The van der Waals surface area contributed by atoms with Crippen LogP contribution in [0, 0.1) is 0 Å². The molecule has 0 spiro atoms. The van der Waals surface area contributed by atoms with Crippen molar-refractivity contribution in [3.05, 3.63) is 0 Å². The number of nitrogens with two attached hydrogens (primary N) is 1. The molecule has 2 rings (SSSR count). The van der Waals surface area contributed by atoms with E-state index in [1.54, 1.807) is 0 Å². The number of nitrogens with zero attached hydrogens (tertiary/aromatic N) is 2. The fourth-order valence-corrected chi connectivity index (χ4v) is 7.33. The van der Waals surface area contributed by atoms with Gasteiger partial charge < -0.3 is 26.6 Å². The molecule has 0 aromatic heterocycles. The van der Waals surface area contributed by atoms with E-state index in [0.29, 0.717) is 12.3 Å². The lowest BCUT2D eigenvalue weighted by molar-refractivity contribution is -0.139. The summed E-state index contributed by atoms with van der Waals surface area (Å²) in [5, 5.41) is 25.8. The lowest BCUT2D eigenvalue weighted by Crippen LogP contribution is -2.49. The van der Waals surface area contributed by atoms with Crippen LogP contribution in [0.25, 0.3) is 0 Å². The number of carbonyl (C=O) groups is 4. The van der Waals surface area contributed by atoms with Crippen molar-refractivity contribution in [3.63, 3.8) is 0 Å². The molecule has 2 aliphatic heterocycles. The third-order valence-electron chi connectivity index (χ3n) is 4.53. The Morgan fingerprint density at radius 3 is 2.26 bits per heavy atom. The van der Waals surface area contributed by atoms with E-state index in [9.17, 15) is 19.2 Å². The van der Waals surface area contributed by atoms with Crippen LogP contribution in [0.3, 0.4) is 0 Å². The van der Waals surface area contributed by atoms with Gasteiger partial charge in [-0.1, -0.05) is 0 Å². The Morgan fingerprint density at radius 2 is 1.74 bits per heavy atom. The van der Waals surface area contributed by atoms with Gasteiger partial charge in [-0.15, -0.1) is 0 Å². The number of carboxylic acids is 2. The number of thioether (sulfide) groups is 1. The predicted molar refractivity (Wildman–Crippen MR) is 120 cm³/mol. The molecule has 0 aliphatic carbocycles. The van der Waals surface area contributed by atoms with Crippen molar-refractivity contribution in [2.24, 2.45) is 5.73 Å². The second kappa shape index (κ2) is 12.1. The van der Waals surface area contributed by atoms with Crippen LogP contribution in [0.4, 0.5) is 0 Å². The first kappa shape index (κ1) is 26.0. The number of hydrogen-bond donors (Lipinski definition) is 6. The number of rotatable bonds is 16. The molecule has 0 radical (unpaired) electrons. The molecular weight excluding hydrogens is 467 g/mol. The Bertz CT molecular complexity index is 719. The minimum Gasteiger partial charge on any atom is -0.480 e. The van der Waals surface area contributed by atoms with Crippen molar-refractivity contribution in [2.75, 3.05) is 50.8 Å². The summed E-state index contributed by atoms with van der Waals surface area (Å²) in [6.07, 6.45) is -0.226. The number of hydrogen-bond acceptors (Lipinski definition) is 7. The highest BCUT2D eigenvalue weighted by atomic mass is 32.4. The van der Waals surface area contributed by atoms with Crippen LogP contribution in [0.2, 0.25) is 0 Å². The van der Waals surface area contributed by atoms with Gasteiger partial charge in [-0.3, -0.25) is 24.3 Å². The van der Waals surface area contributed by atoms with Crippen molar-refractivity contribution < 1.29 is 29.4 Å². The molecule has 0 saturated carbocycles. The largest absolute Gasteiger partial charge is 0.480 e. The highest BCUT2D eigenvalue weighted by Crippen LogP contribution is 2.56. The van der Waals surface area contributed by atoms with Crippen LogP contribution in [0.15, 0.2) is 0 Å². The van der Waals surface area contributed by atoms with E-state index in [-0.39, 0.29) is 18.6 Å². The third kappa shape index (κ3) is 9.00. The summed E-state index contributed by atoms with van der Waals surface area (Å²) in [6, 6.07) is -2.11. The van der Waals surface area contributed by atoms with E-state index in [1.807, 2.05) is 0 Å². The van der Waals surface area contributed by atoms with Gasteiger partial charge in [0, 0.05) is 50.7 Å². The highest BCUT2D eigenvalue weighted by Gasteiger charge is 2.43. The van der Waals surface area contributed by atoms with Gasteiger partial charge in [-0.2, -0.15) is 11.8 Å². The number of amides is 2. The smallest absolute Gasteiger partial charge is 0.322 e. The Kier molecular flexibility index (Phi) is 10.1. The first-order chi connectivity index (χ1) is 14.6. The predicted octanol–water partition coefficient (Wildman–Crippen LogP) is -1.96. The summed E-state index contributed by atoms with van der Waals surface area (Å²) >= 11 is 7.25. The Morgan fingerprint density at radius 1 is 1.13 bits per heavy atom. The maximum Gasteiger partial charge on any atom is 0.322 e. The van der Waals surface area contributed by atoms with Gasteiger partial charge >= 0.3 is 11.9 Å². The van der Waals surface area contributed by atoms with E-state index in [0.717, 1.165) is 26.2 Å². The van der Waals surface area contributed by atoms with Crippen molar-refractivity contribution in [1.29, 1.82) is 0 Å². The third-order valence-corrected chi connectivity index (χ3v) is 10.3. The minimum atomic E-state index is -1.83. The molecule has 31 heavy (non-hydrogen) atoms. The molecule has 0 aromatic carbocycles. The monoisotopic (exact) mass is 496 g/mol. The Labute approximate surface area is 189 Å². The zero-order valence-electron chi connectivity index (χ0n) is 17.0. The van der Waals surface area contributed by atoms with Gasteiger partial charge in [0.25, 0.3) is 0 Å². The minimum absolute atomic E-state index is 0.0701. The van der Waals surface area contributed by atoms with Crippen molar-refractivity contribution in [1.82, 2.24) is 25.1 Å². The van der Waals surface area contributed by atoms with Crippen LogP contribution in [0.1, 0.15) is 12.8 Å². The van der Waals surface area contributed by atoms with Gasteiger partial charge in [-0.05, 0) is 18.2 Å². The van der Waals surface area contributed by atoms with E-state index < -0.39 is 48.9 Å². The lowest BCUT2D eigenvalue weighted by Gasteiger charge is -2.25. The normalized spacial score (nSPS) is 18.1. The first-order valence-corrected chi connectivity index (χ1v) is 13.7. The van der Waals surface area contributed by atoms with Crippen molar-refractivity contribution >= 4 is 53.8 Å². The Hall–Kier alpha value is -1.28. The van der Waals surface area contributed by atoms with E-state index in [2.05, 4.69) is 25.1 Å². The molecule has 2 saturated heterocycles. The van der Waals surface area contributed by atoms with Crippen molar-refractivity contribution in [2.45, 2.75) is 24.9 Å². The second-order valence-corrected chi connectivity index (χ2v) is 12.4. The molecule has 0 unspecified atom stereocenters. The van der Waals surface area contributed by atoms with E-state index in [1.165, 1.54) is 11.8 Å². The molecule has 2 heterocycles. The average molecular weight is 497 g/mol. The zero-order chi connectivity index (χ0) is 23.0. The van der Waals surface area contributed by atoms with Gasteiger partial charge in [0.15, 0.2) is 0 Å². The summed E-state index contributed by atoms with van der Waals surface area (Å²) in [6.45, 7) is 2.31. The molecule has 12 nitrogen and oxygen atoms in total. The molecule has 176 valence electrons. The quantitative estimate of drug-likeness (QED) is 0.0791. The van der Waals surface area contributed by atoms with E-state index in [4.69, 9.17) is 27.8 Å². The first-order valence-electron chi connectivity index (χ1n) is 9.84. The van der Waals surface area contributed by atoms with Crippen molar-refractivity contribution in [3.8, 4) is 0 Å². The number of aliphatic carboxylic acids is 2. The second-order valence-electron chi connectivity index (χ2n) is 7.15. The number of nitrogens with one attached hydrogen (secondary N) is 3. The molecule has 15 heteroatoms. The summed E-state index contributed by atoms with van der Waals surface area (Å²) < 4.78 is 4.54.